The van der Waals surface area contributed by atoms with Crippen molar-refractivity contribution < 1.29 is 18.6 Å². The van der Waals surface area contributed by atoms with Crippen LogP contribution in [0.25, 0.3) is 22.6 Å². The summed E-state index contributed by atoms with van der Waals surface area (Å²) in [7, 11) is 0. The second-order valence-electron chi connectivity index (χ2n) is 6.35. The van der Waals surface area contributed by atoms with Gasteiger partial charge in [-0.1, -0.05) is 6.07 Å². The Morgan fingerprint density at radius 3 is 2.61 bits per heavy atom. The third-order valence-corrected chi connectivity index (χ3v) is 4.37. The summed E-state index contributed by atoms with van der Waals surface area (Å²) in [5.41, 5.74) is 4.86. The fourth-order valence-corrected chi connectivity index (χ4v) is 2.77. The first-order valence-corrected chi connectivity index (χ1v) is 8.44. The van der Waals surface area contributed by atoms with E-state index in [0.29, 0.717) is 22.7 Å². The average molecular weight is 377 g/mol. The summed E-state index contributed by atoms with van der Waals surface area (Å²) < 4.78 is 10.8. The Morgan fingerprint density at radius 1 is 1.07 bits per heavy atom. The SMILES string of the molecule is Cc1cc2nc(-c3cccc(NC(=O)c4ccc([N+](=O)[O-])o4)c3)oc2cc1C. The van der Waals surface area contributed by atoms with Crippen LogP contribution >= 0.6 is 0 Å². The molecule has 0 unspecified atom stereocenters. The molecule has 8 heteroatoms. The first kappa shape index (κ1) is 17.5. The summed E-state index contributed by atoms with van der Waals surface area (Å²) in [5.74, 6) is -0.792. The Bertz CT molecular complexity index is 1180. The minimum atomic E-state index is -0.700. The molecule has 2 aromatic heterocycles. The number of nitrogens with zero attached hydrogens (tertiary/aromatic N) is 2. The minimum Gasteiger partial charge on any atom is -0.436 e. The van der Waals surface area contributed by atoms with E-state index >= 15 is 0 Å². The first-order chi connectivity index (χ1) is 13.4. The summed E-state index contributed by atoms with van der Waals surface area (Å²) >= 11 is 0. The molecule has 4 aromatic rings. The highest BCUT2D eigenvalue weighted by Gasteiger charge is 2.18. The van der Waals surface area contributed by atoms with E-state index in [0.717, 1.165) is 22.7 Å². The smallest absolute Gasteiger partial charge is 0.433 e. The van der Waals surface area contributed by atoms with Gasteiger partial charge in [-0.15, -0.1) is 0 Å². The van der Waals surface area contributed by atoms with Gasteiger partial charge in [-0.2, -0.15) is 0 Å². The van der Waals surface area contributed by atoms with Crippen molar-refractivity contribution >= 4 is 28.6 Å². The Morgan fingerprint density at radius 2 is 1.86 bits per heavy atom. The van der Waals surface area contributed by atoms with Crippen molar-refractivity contribution in [2.24, 2.45) is 0 Å². The summed E-state index contributed by atoms with van der Waals surface area (Å²) in [4.78, 5) is 26.7. The Hall–Kier alpha value is -3.94. The number of aromatic nitrogens is 1. The van der Waals surface area contributed by atoms with Gasteiger partial charge in [0, 0.05) is 11.3 Å². The zero-order chi connectivity index (χ0) is 19.8. The van der Waals surface area contributed by atoms with Gasteiger partial charge in [0.05, 0.1) is 6.07 Å². The fourth-order valence-electron chi connectivity index (χ4n) is 2.77. The van der Waals surface area contributed by atoms with Gasteiger partial charge in [0.25, 0.3) is 5.91 Å². The maximum Gasteiger partial charge on any atom is 0.433 e. The number of amides is 1. The van der Waals surface area contributed by atoms with Crippen molar-refractivity contribution in [3.63, 3.8) is 0 Å². The molecular formula is C20H15N3O5. The molecule has 0 atom stereocenters. The van der Waals surface area contributed by atoms with Crippen molar-refractivity contribution in [3.05, 3.63) is 75.5 Å². The molecule has 0 fully saturated rings. The van der Waals surface area contributed by atoms with Crippen LogP contribution < -0.4 is 5.32 Å². The highest BCUT2D eigenvalue weighted by molar-refractivity contribution is 6.02. The molecule has 0 aliphatic carbocycles. The highest BCUT2D eigenvalue weighted by atomic mass is 16.6. The number of rotatable bonds is 4. The summed E-state index contributed by atoms with van der Waals surface area (Å²) in [6.07, 6.45) is 0. The van der Waals surface area contributed by atoms with Gasteiger partial charge < -0.3 is 14.2 Å². The number of carbonyl (C=O) groups is 1. The topological polar surface area (TPSA) is 111 Å². The zero-order valence-corrected chi connectivity index (χ0v) is 15.1. The second kappa shape index (κ2) is 6.66. The number of hydrogen-bond acceptors (Lipinski definition) is 6. The number of aryl methyl sites for hydroxylation is 2. The fraction of sp³-hybridized carbons (Fsp3) is 0.100. The van der Waals surface area contributed by atoms with Crippen molar-refractivity contribution in [2.45, 2.75) is 13.8 Å². The number of anilines is 1. The van der Waals surface area contributed by atoms with Crippen LogP contribution in [0.5, 0.6) is 0 Å². The van der Waals surface area contributed by atoms with Crippen LogP contribution in [0, 0.1) is 24.0 Å². The van der Waals surface area contributed by atoms with E-state index in [1.807, 2.05) is 32.0 Å². The molecule has 2 aromatic carbocycles. The normalized spacial score (nSPS) is 10.9. The number of oxazole rings is 1. The first-order valence-electron chi connectivity index (χ1n) is 8.44. The Kier molecular flexibility index (Phi) is 4.15. The van der Waals surface area contributed by atoms with Crippen molar-refractivity contribution in [3.8, 4) is 11.5 Å². The molecule has 0 saturated heterocycles. The van der Waals surface area contributed by atoms with Crippen LogP contribution in [-0.4, -0.2) is 15.8 Å². The van der Waals surface area contributed by atoms with Gasteiger partial charge in [-0.05, 0) is 61.4 Å². The number of hydrogen-bond donors (Lipinski definition) is 1. The average Bonchev–Trinajstić information content (AvgIpc) is 3.30. The van der Waals surface area contributed by atoms with E-state index in [1.165, 1.54) is 6.07 Å². The third kappa shape index (κ3) is 3.23. The summed E-state index contributed by atoms with van der Waals surface area (Å²) in [6, 6.07) is 13.3. The van der Waals surface area contributed by atoms with E-state index in [1.54, 1.807) is 18.2 Å². The molecular weight excluding hydrogens is 362 g/mol. The molecule has 8 nitrogen and oxygen atoms in total. The predicted octanol–water partition coefficient (Wildman–Crippen LogP) is 4.87. The van der Waals surface area contributed by atoms with Crippen LogP contribution in [-0.2, 0) is 0 Å². The van der Waals surface area contributed by atoms with E-state index in [2.05, 4.69) is 10.3 Å². The van der Waals surface area contributed by atoms with Gasteiger partial charge in [-0.3, -0.25) is 14.9 Å². The second-order valence-corrected chi connectivity index (χ2v) is 6.35. The van der Waals surface area contributed by atoms with Gasteiger partial charge in [0.2, 0.25) is 5.89 Å². The predicted molar refractivity (Wildman–Crippen MR) is 102 cm³/mol. The molecule has 0 aliphatic heterocycles. The molecule has 28 heavy (non-hydrogen) atoms. The van der Waals surface area contributed by atoms with E-state index < -0.39 is 16.7 Å². The van der Waals surface area contributed by atoms with Crippen LogP contribution in [0.4, 0.5) is 11.6 Å². The molecule has 140 valence electrons. The number of furan rings is 1. The molecule has 0 radical (unpaired) electrons. The maximum atomic E-state index is 12.2. The van der Waals surface area contributed by atoms with Gasteiger partial charge in [-0.25, -0.2) is 4.98 Å². The lowest BCUT2D eigenvalue weighted by Crippen LogP contribution is -2.10. The standard InChI is InChI=1S/C20H15N3O5/c1-11-8-15-17(9-12(11)2)28-20(22-15)13-4-3-5-14(10-13)21-19(24)16-6-7-18(27-16)23(25)26/h3-10H,1-2H3,(H,21,24). The minimum absolute atomic E-state index is 0.148. The zero-order valence-electron chi connectivity index (χ0n) is 15.1. The number of nitrogens with one attached hydrogen (secondary N) is 1. The molecule has 1 N–H and O–H groups in total. The van der Waals surface area contributed by atoms with Crippen LogP contribution in [0.15, 0.2) is 57.4 Å². The maximum absolute atomic E-state index is 12.2. The molecule has 4 rings (SSSR count). The molecule has 0 aliphatic rings. The molecule has 0 bridgehead atoms. The lowest BCUT2D eigenvalue weighted by atomic mass is 10.1. The lowest BCUT2D eigenvalue weighted by molar-refractivity contribution is -0.402. The van der Waals surface area contributed by atoms with E-state index in [4.69, 9.17) is 8.83 Å². The Labute approximate surface area is 158 Å². The van der Waals surface area contributed by atoms with Crippen LogP contribution in [0.3, 0.4) is 0 Å². The lowest BCUT2D eigenvalue weighted by Gasteiger charge is -2.04. The largest absolute Gasteiger partial charge is 0.436 e. The third-order valence-electron chi connectivity index (χ3n) is 4.37. The van der Waals surface area contributed by atoms with Crippen LogP contribution in [0.2, 0.25) is 0 Å². The van der Waals surface area contributed by atoms with Crippen LogP contribution in [0.1, 0.15) is 21.7 Å². The molecule has 0 spiro atoms. The van der Waals surface area contributed by atoms with Crippen molar-refractivity contribution in [1.29, 1.82) is 0 Å². The number of carbonyl (C=O) groups excluding carboxylic acids is 1. The van der Waals surface area contributed by atoms with E-state index in [-0.39, 0.29) is 5.76 Å². The number of fused-ring (bicyclic) bond motifs is 1. The summed E-state index contributed by atoms with van der Waals surface area (Å²) in [6.45, 7) is 4.02. The van der Waals surface area contributed by atoms with Gasteiger partial charge >= 0.3 is 5.88 Å². The molecule has 1 amide bonds. The van der Waals surface area contributed by atoms with E-state index in [9.17, 15) is 14.9 Å². The quantitative estimate of drug-likeness (QED) is 0.401. The number of benzene rings is 2. The van der Waals surface area contributed by atoms with Gasteiger partial charge in [0.1, 0.15) is 10.4 Å². The molecule has 0 saturated carbocycles. The molecule has 2 heterocycles. The Balaban J connectivity index is 1.60. The van der Waals surface area contributed by atoms with Crippen molar-refractivity contribution in [2.75, 3.05) is 5.32 Å². The number of nitro groups is 1. The summed E-state index contributed by atoms with van der Waals surface area (Å²) in [5, 5.41) is 13.3. The van der Waals surface area contributed by atoms with Crippen molar-refractivity contribution in [1.82, 2.24) is 4.98 Å². The highest BCUT2D eigenvalue weighted by Crippen LogP contribution is 2.28. The van der Waals surface area contributed by atoms with Gasteiger partial charge in [0.15, 0.2) is 11.3 Å². The monoisotopic (exact) mass is 377 g/mol.